The highest BCUT2D eigenvalue weighted by molar-refractivity contribution is 7.99. The summed E-state index contributed by atoms with van der Waals surface area (Å²) in [4.78, 5) is 4.15. The van der Waals surface area contributed by atoms with E-state index < -0.39 is 0 Å². The Balaban J connectivity index is 2.52. The third-order valence-corrected chi connectivity index (χ3v) is 2.36. The molecular weight excluding hydrogens is 156 g/mol. The normalized spacial score (nSPS) is 9.91. The SMILES string of the molecule is CCCSc1ccc(N)cn1. The van der Waals surface area contributed by atoms with Gasteiger partial charge >= 0.3 is 0 Å². The van der Waals surface area contributed by atoms with Gasteiger partial charge in [-0.15, -0.1) is 11.8 Å². The van der Waals surface area contributed by atoms with Crippen LogP contribution >= 0.6 is 11.8 Å². The van der Waals surface area contributed by atoms with Crippen molar-refractivity contribution in [2.75, 3.05) is 11.5 Å². The molecule has 1 heterocycles. The molecule has 0 spiro atoms. The molecule has 3 heteroatoms. The van der Waals surface area contributed by atoms with Gasteiger partial charge in [-0.3, -0.25) is 0 Å². The molecule has 0 aliphatic heterocycles. The van der Waals surface area contributed by atoms with Crippen molar-refractivity contribution in [1.29, 1.82) is 0 Å². The smallest absolute Gasteiger partial charge is 0.0961 e. The molecule has 0 bridgehead atoms. The molecule has 0 fully saturated rings. The number of hydrogen-bond acceptors (Lipinski definition) is 3. The predicted molar refractivity (Wildman–Crippen MR) is 49.7 cm³/mol. The molecule has 2 N–H and O–H groups in total. The number of nitrogen functional groups attached to an aromatic ring is 1. The Morgan fingerprint density at radius 3 is 2.91 bits per heavy atom. The monoisotopic (exact) mass is 168 g/mol. The quantitative estimate of drug-likeness (QED) is 0.703. The van der Waals surface area contributed by atoms with Crippen molar-refractivity contribution in [2.24, 2.45) is 0 Å². The number of hydrogen-bond donors (Lipinski definition) is 1. The van der Waals surface area contributed by atoms with E-state index in [1.54, 1.807) is 18.0 Å². The van der Waals surface area contributed by atoms with Crippen LogP contribution in [0.3, 0.4) is 0 Å². The molecule has 0 saturated carbocycles. The van der Waals surface area contributed by atoms with Crippen LogP contribution in [0.25, 0.3) is 0 Å². The average Bonchev–Trinajstić information content (AvgIpc) is 2.04. The minimum absolute atomic E-state index is 0.728. The lowest BCUT2D eigenvalue weighted by Gasteiger charge is -1.97. The molecule has 0 aromatic carbocycles. The summed E-state index contributed by atoms with van der Waals surface area (Å²) in [6.07, 6.45) is 2.87. The first-order valence-corrected chi connectivity index (χ1v) is 4.66. The maximum absolute atomic E-state index is 5.48. The first kappa shape index (κ1) is 8.40. The second-order valence-corrected chi connectivity index (χ2v) is 3.39. The van der Waals surface area contributed by atoms with Crippen LogP contribution in [0, 0.1) is 0 Å². The van der Waals surface area contributed by atoms with Crippen molar-refractivity contribution >= 4 is 17.4 Å². The molecule has 0 radical (unpaired) electrons. The lowest BCUT2D eigenvalue weighted by Crippen LogP contribution is -1.86. The van der Waals surface area contributed by atoms with Crippen LogP contribution in [0.4, 0.5) is 5.69 Å². The molecule has 0 unspecified atom stereocenters. The molecule has 60 valence electrons. The largest absolute Gasteiger partial charge is 0.397 e. The summed E-state index contributed by atoms with van der Waals surface area (Å²) in [5.74, 6) is 1.12. The maximum atomic E-state index is 5.48. The molecule has 0 aliphatic carbocycles. The number of aromatic nitrogens is 1. The Morgan fingerprint density at radius 1 is 1.55 bits per heavy atom. The van der Waals surface area contributed by atoms with E-state index in [2.05, 4.69) is 11.9 Å². The second-order valence-electron chi connectivity index (χ2n) is 2.28. The molecule has 1 aromatic rings. The van der Waals surface area contributed by atoms with E-state index >= 15 is 0 Å². The lowest BCUT2D eigenvalue weighted by molar-refractivity contribution is 1.08. The van der Waals surface area contributed by atoms with Crippen molar-refractivity contribution in [3.05, 3.63) is 18.3 Å². The van der Waals surface area contributed by atoms with Crippen molar-refractivity contribution in [3.8, 4) is 0 Å². The van der Waals surface area contributed by atoms with Gasteiger partial charge in [0.1, 0.15) is 0 Å². The third kappa shape index (κ3) is 2.80. The van der Waals surface area contributed by atoms with Crippen molar-refractivity contribution < 1.29 is 0 Å². The zero-order valence-electron chi connectivity index (χ0n) is 6.58. The zero-order valence-corrected chi connectivity index (χ0v) is 7.40. The molecule has 11 heavy (non-hydrogen) atoms. The van der Waals surface area contributed by atoms with E-state index in [1.807, 2.05) is 12.1 Å². The first-order valence-electron chi connectivity index (χ1n) is 3.67. The van der Waals surface area contributed by atoms with E-state index in [9.17, 15) is 0 Å². The van der Waals surface area contributed by atoms with Crippen LogP contribution in [0.2, 0.25) is 0 Å². The summed E-state index contributed by atoms with van der Waals surface area (Å²) in [5.41, 5.74) is 6.21. The predicted octanol–water partition coefficient (Wildman–Crippen LogP) is 2.17. The van der Waals surface area contributed by atoms with Crippen molar-refractivity contribution in [3.63, 3.8) is 0 Å². The number of anilines is 1. The molecule has 0 aliphatic rings. The van der Waals surface area contributed by atoms with Crippen LogP contribution in [-0.4, -0.2) is 10.7 Å². The fraction of sp³-hybridized carbons (Fsp3) is 0.375. The fourth-order valence-corrected chi connectivity index (χ4v) is 1.39. The van der Waals surface area contributed by atoms with Gasteiger partial charge in [0.05, 0.1) is 16.9 Å². The van der Waals surface area contributed by atoms with Crippen LogP contribution in [-0.2, 0) is 0 Å². The summed E-state index contributed by atoms with van der Waals surface area (Å²) in [7, 11) is 0. The van der Waals surface area contributed by atoms with Gasteiger partial charge in [0.2, 0.25) is 0 Å². The zero-order chi connectivity index (χ0) is 8.10. The summed E-state index contributed by atoms with van der Waals surface area (Å²) in [6.45, 7) is 2.16. The summed E-state index contributed by atoms with van der Waals surface area (Å²) in [6, 6.07) is 3.83. The van der Waals surface area contributed by atoms with Crippen LogP contribution < -0.4 is 5.73 Å². The van der Waals surface area contributed by atoms with Crippen LogP contribution in [0.5, 0.6) is 0 Å². The van der Waals surface area contributed by atoms with Gasteiger partial charge in [0.15, 0.2) is 0 Å². The van der Waals surface area contributed by atoms with E-state index in [1.165, 1.54) is 6.42 Å². The highest BCUT2D eigenvalue weighted by Crippen LogP contribution is 2.16. The number of thioether (sulfide) groups is 1. The van der Waals surface area contributed by atoms with Gasteiger partial charge < -0.3 is 5.73 Å². The van der Waals surface area contributed by atoms with Gasteiger partial charge in [0.25, 0.3) is 0 Å². The van der Waals surface area contributed by atoms with Gasteiger partial charge in [-0.05, 0) is 24.3 Å². The van der Waals surface area contributed by atoms with E-state index in [-0.39, 0.29) is 0 Å². The van der Waals surface area contributed by atoms with E-state index in [0.717, 1.165) is 16.5 Å². The summed E-state index contributed by atoms with van der Waals surface area (Å²) in [5, 5.41) is 1.06. The Kier molecular flexibility index (Phi) is 3.23. The van der Waals surface area contributed by atoms with Crippen molar-refractivity contribution in [2.45, 2.75) is 18.4 Å². The summed E-state index contributed by atoms with van der Waals surface area (Å²) >= 11 is 1.76. The molecule has 1 rings (SSSR count). The molecule has 1 aromatic heterocycles. The third-order valence-electron chi connectivity index (χ3n) is 1.21. The van der Waals surface area contributed by atoms with E-state index in [0.29, 0.717) is 0 Å². The summed E-state index contributed by atoms with van der Waals surface area (Å²) < 4.78 is 0. The minimum atomic E-state index is 0.728. The minimum Gasteiger partial charge on any atom is -0.397 e. The number of rotatable bonds is 3. The van der Waals surface area contributed by atoms with Crippen LogP contribution in [0.15, 0.2) is 23.4 Å². The van der Waals surface area contributed by atoms with Gasteiger partial charge in [-0.1, -0.05) is 6.92 Å². The molecule has 0 atom stereocenters. The highest BCUT2D eigenvalue weighted by atomic mass is 32.2. The number of nitrogens with two attached hydrogens (primary N) is 1. The molecule has 0 amide bonds. The van der Waals surface area contributed by atoms with Gasteiger partial charge in [0, 0.05) is 0 Å². The maximum Gasteiger partial charge on any atom is 0.0961 e. The Hall–Kier alpha value is -0.700. The molecule has 2 nitrogen and oxygen atoms in total. The number of nitrogens with zero attached hydrogens (tertiary/aromatic N) is 1. The fourth-order valence-electron chi connectivity index (χ4n) is 0.684. The Morgan fingerprint density at radius 2 is 2.36 bits per heavy atom. The molecule has 0 saturated heterocycles. The first-order chi connectivity index (χ1) is 5.33. The number of pyridine rings is 1. The Labute approximate surface area is 71.2 Å². The van der Waals surface area contributed by atoms with Crippen LogP contribution in [0.1, 0.15) is 13.3 Å². The molecular formula is C8H12N2S. The standard InChI is InChI=1S/C8H12N2S/c1-2-5-11-8-4-3-7(9)6-10-8/h3-4,6H,2,5,9H2,1H3. The average molecular weight is 168 g/mol. The highest BCUT2D eigenvalue weighted by Gasteiger charge is 1.92. The van der Waals surface area contributed by atoms with Gasteiger partial charge in [-0.2, -0.15) is 0 Å². The lowest BCUT2D eigenvalue weighted by atomic mass is 10.4. The van der Waals surface area contributed by atoms with Crippen molar-refractivity contribution in [1.82, 2.24) is 4.98 Å². The topological polar surface area (TPSA) is 38.9 Å². The Bertz CT molecular complexity index is 208. The van der Waals surface area contributed by atoms with E-state index in [4.69, 9.17) is 5.73 Å². The second kappa shape index (κ2) is 4.23. The van der Waals surface area contributed by atoms with Gasteiger partial charge in [-0.25, -0.2) is 4.98 Å².